The molecule has 0 aliphatic rings. The lowest BCUT2D eigenvalue weighted by Crippen LogP contribution is -2.00. The molecule has 3 aromatic carbocycles. The molecule has 0 atom stereocenters. The van der Waals surface area contributed by atoms with E-state index in [-0.39, 0.29) is 0 Å². The largest absolute Gasteiger partial charge is 0.492 e. The van der Waals surface area contributed by atoms with E-state index in [4.69, 9.17) is 4.74 Å². The van der Waals surface area contributed by atoms with Gasteiger partial charge in [-0.05, 0) is 58.3 Å². The monoisotopic (exact) mass is 390 g/mol. The Morgan fingerprint density at radius 1 is 0.633 bits per heavy atom. The summed E-state index contributed by atoms with van der Waals surface area (Å²) in [4.78, 5) is 8.55. The normalized spacial score (nSPS) is 11.1. The van der Waals surface area contributed by atoms with Crippen LogP contribution in [0.5, 0.6) is 5.75 Å². The summed E-state index contributed by atoms with van der Waals surface area (Å²) in [6, 6.07) is 25.6. The van der Waals surface area contributed by atoms with Crippen molar-refractivity contribution in [1.29, 1.82) is 0 Å². The number of rotatable bonds is 6. The third-order valence-electron chi connectivity index (χ3n) is 5.38. The molecule has 0 aliphatic carbocycles. The van der Waals surface area contributed by atoms with Crippen molar-refractivity contribution < 1.29 is 4.74 Å². The van der Waals surface area contributed by atoms with Crippen molar-refractivity contribution in [1.82, 2.24) is 9.97 Å². The van der Waals surface area contributed by atoms with Gasteiger partial charge in [0.1, 0.15) is 5.75 Å². The van der Waals surface area contributed by atoms with Gasteiger partial charge in [0, 0.05) is 29.5 Å². The predicted octanol–water partition coefficient (Wildman–Crippen LogP) is 6.46. The van der Waals surface area contributed by atoms with Gasteiger partial charge in [-0.25, -0.2) is 0 Å². The van der Waals surface area contributed by atoms with Crippen LogP contribution in [-0.2, 0) is 6.42 Å². The summed E-state index contributed by atoms with van der Waals surface area (Å²) in [5, 5.41) is 4.88. The third-order valence-corrected chi connectivity index (χ3v) is 5.38. The Bertz CT molecular complexity index is 1310. The van der Waals surface area contributed by atoms with Crippen molar-refractivity contribution >= 4 is 21.5 Å². The number of aryl methyl sites for hydroxylation is 1. The molecule has 146 valence electrons. The minimum Gasteiger partial charge on any atom is -0.492 e. The molecular formula is C27H22N2O. The number of ether oxygens (including phenoxy) is 1. The quantitative estimate of drug-likeness (QED) is 0.312. The van der Waals surface area contributed by atoms with E-state index in [0.717, 1.165) is 35.1 Å². The first-order valence-electron chi connectivity index (χ1n) is 10.2. The summed E-state index contributed by atoms with van der Waals surface area (Å²) in [6.07, 6.45) is 9.32. The minimum absolute atomic E-state index is 0.668. The number of nitrogens with zero attached hydrogens (tertiary/aromatic N) is 2. The second kappa shape index (κ2) is 8.34. The predicted molar refractivity (Wildman–Crippen MR) is 123 cm³/mol. The summed E-state index contributed by atoms with van der Waals surface area (Å²) < 4.78 is 5.99. The lowest BCUT2D eigenvalue weighted by atomic mass is 10.0. The fraction of sp³-hybridized carbons (Fsp3) is 0.111. The van der Waals surface area contributed by atoms with Crippen LogP contribution in [0.25, 0.3) is 32.7 Å². The minimum atomic E-state index is 0.668. The molecular weight excluding hydrogens is 368 g/mol. The van der Waals surface area contributed by atoms with Crippen LogP contribution in [0.2, 0.25) is 0 Å². The lowest BCUT2D eigenvalue weighted by molar-refractivity contribution is 0.310. The number of hydrogen-bond acceptors (Lipinski definition) is 3. The molecule has 0 radical (unpaired) electrons. The highest BCUT2D eigenvalue weighted by Crippen LogP contribution is 2.26. The van der Waals surface area contributed by atoms with Crippen LogP contribution in [0.1, 0.15) is 12.0 Å². The number of fused-ring (bicyclic) bond motifs is 2. The zero-order valence-electron chi connectivity index (χ0n) is 16.7. The van der Waals surface area contributed by atoms with Crippen LogP contribution >= 0.6 is 0 Å². The number of pyridine rings is 2. The van der Waals surface area contributed by atoms with Crippen molar-refractivity contribution in [2.75, 3.05) is 6.61 Å². The zero-order valence-corrected chi connectivity index (χ0v) is 16.7. The maximum Gasteiger partial charge on any atom is 0.138 e. The third kappa shape index (κ3) is 4.01. The SMILES string of the molecule is c1ccc2cc(CCCOc3cncc(-c4ccc5cnccc5c4)c3)ccc2c1. The topological polar surface area (TPSA) is 35.0 Å². The number of aromatic nitrogens is 2. The van der Waals surface area contributed by atoms with Crippen molar-refractivity contribution in [3.8, 4) is 16.9 Å². The molecule has 3 nitrogen and oxygen atoms in total. The molecule has 0 amide bonds. The van der Waals surface area contributed by atoms with Gasteiger partial charge in [-0.15, -0.1) is 0 Å². The zero-order chi connectivity index (χ0) is 20.2. The Morgan fingerprint density at radius 3 is 2.47 bits per heavy atom. The highest BCUT2D eigenvalue weighted by atomic mass is 16.5. The van der Waals surface area contributed by atoms with E-state index in [1.54, 1.807) is 6.20 Å². The maximum atomic E-state index is 5.99. The highest BCUT2D eigenvalue weighted by Gasteiger charge is 2.04. The van der Waals surface area contributed by atoms with Crippen LogP contribution in [0.4, 0.5) is 0 Å². The summed E-state index contributed by atoms with van der Waals surface area (Å²) in [7, 11) is 0. The fourth-order valence-corrected chi connectivity index (χ4v) is 3.78. The average Bonchev–Trinajstić information content (AvgIpc) is 2.81. The molecule has 0 saturated heterocycles. The molecule has 3 heteroatoms. The van der Waals surface area contributed by atoms with E-state index in [0.29, 0.717) is 6.61 Å². The summed E-state index contributed by atoms with van der Waals surface area (Å²) >= 11 is 0. The van der Waals surface area contributed by atoms with Gasteiger partial charge in [-0.3, -0.25) is 9.97 Å². The van der Waals surface area contributed by atoms with Crippen molar-refractivity contribution in [2.24, 2.45) is 0 Å². The van der Waals surface area contributed by atoms with Gasteiger partial charge < -0.3 is 4.74 Å². The van der Waals surface area contributed by atoms with E-state index in [9.17, 15) is 0 Å². The van der Waals surface area contributed by atoms with Crippen LogP contribution < -0.4 is 4.74 Å². The van der Waals surface area contributed by atoms with Gasteiger partial charge in [0.05, 0.1) is 12.8 Å². The van der Waals surface area contributed by atoms with Crippen LogP contribution in [0, 0.1) is 0 Å². The van der Waals surface area contributed by atoms with Gasteiger partial charge in [0.2, 0.25) is 0 Å². The smallest absolute Gasteiger partial charge is 0.138 e. The summed E-state index contributed by atoms with van der Waals surface area (Å²) in [5.41, 5.74) is 3.53. The van der Waals surface area contributed by atoms with Gasteiger partial charge in [-0.1, -0.05) is 54.6 Å². The summed E-state index contributed by atoms with van der Waals surface area (Å²) in [6.45, 7) is 0.668. The fourth-order valence-electron chi connectivity index (χ4n) is 3.78. The number of hydrogen-bond donors (Lipinski definition) is 0. The Balaban J connectivity index is 1.23. The Labute approximate surface area is 176 Å². The Hall–Kier alpha value is -3.72. The Kier molecular flexibility index (Phi) is 5.09. The maximum absolute atomic E-state index is 5.99. The standard InChI is InChI=1S/C27H22N2O/c1-2-6-22-14-20(7-8-21(22)5-1)4-3-13-30-27-16-26(18-29-19-27)23-9-10-25-17-28-12-11-24(25)15-23/h1-2,5-12,14-19H,3-4,13H2. The van der Waals surface area contributed by atoms with Gasteiger partial charge >= 0.3 is 0 Å². The highest BCUT2D eigenvalue weighted by molar-refractivity contribution is 5.86. The molecule has 0 N–H and O–H groups in total. The first-order chi connectivity index (χ1) is 14.8. The molecule has 0 aliphatic heterocycles. The second-order valence-electron chi connectivity index (χ2n) is 7.48. The van der Waals surface area contributed by atoms with Crippen LogP contribution in [0.3, 0.4) is 0 Å². The van der Waals surface area contributed by atoms with Crippen molar-refractivity contribution in [3.05, 3.63) is 103 Å². The molecule has 5 aromatic rings. The van der Waals surface area contributed by atoms with Crippen molar-refractivity contribution in [3.63, 3.8) is 0 Å². The van der Waals surface area contributed by atoms with Gasteiger partial charge in [0.15, 0.2) is 0 Å². The van der Waals surface area contributed by atoms with Crippen LogP contribution in [-0.4, -0.2) is 16.6 Å². The van der Waals surface area contributed by atoms with E-state index >= 15 is 0 Å². The van der Waals surface area contributed by atoms with E-state index < -0.39 is 0 Å². The molecule has 0 bridgehead atoms. The molecule has 0 unspecified atom stereocenters. The van der Waals surface area contributed by atoms with Crippen molar-refractivity contribution in [2.45, 2.75) is 12.8 Å². The molecule has 2 heterocycles. The first-order valence-corrected chi connectivity index (χ1v) is 10.2. The molecule has 30 heavy (non-hydrogen) atoms. The Morgan fingerprint density at radius 2 is 1.50 bits per heavy atom. The molecule has 0 spiro atoms. The molecule has 0 saturated carbocycles. The molecule has 2 aromatic heterocycles. The van der Waals surface area contributed by atoms with E-state index in [2.05, 4.69) is 76.7 Å². The molecule has 5 rings (SSSR count). The summed E-state index contributed by atoms with van der Waals surface area (Å²) in [5.74, 6) is 0.806. The van der Waals surface area contributed by atoms with Crippen LogP contribution in [0.15, 0.2) is 97.6 Å². The van der Waals surface area contributed by atoms with E-state index in [1.807, 2.05) is 24.7 Å². The second-order valence-corrected chi connectivity index (χ2v) is 7.48. The van der Waals surface area contributed by atoms with Gasteiger partial charge in [0.25, 0.3) is 0 Å². The average molecular weight is 390 g/mol. The lowest BCUT2D eigenvalue weighted by Gasteiger charge is -2.09. The molecule has 0 fully saturated rings. The van der Waals surface area contributed by atoms with E-state index in [1.165, 1.54) is 21.7 Å². The van der Waals surface area contributed by atoms with Gasteiger partial charge in [-0.2, -0.15) is 0 Å². The number of benzene rings is 3. The first kappa shape index (κ1) is 18.3.